The molecule has 0 bridgehead atoms. The van der Waals surface area contributed by atoms with Gasteiger partial charge in [-0.15, -0.1) is 0 Å². The van der Waals surface area contributed by atoms with Gasteiger partial charge in [0.25, 0.3) is 0 Å². The number of anilines is 1. The fraction of sp³-hybridized carbons (Fsp3) is 0.136. The molecule has 1 unspecified atom stereocenters. The second-order valence-corrected chi connectivity index (χ2v) is 9.01. The van der Waals surface area contributed by atoms with Gasteiger partial charge in [0.1, 0.15) is 27.7 Å². The zero-order chi connectivity index (χ0) is 22.6. The summed E-state index contributed by atoms with van der Waals surface area (Å²) in [6.07, 6.45) is 0. The summed E-state index contributed by atoms with van der Waals surface area (Å²) in [4.78, 5) is 13.1. The first kappa shape index (κ1) is 21.9. The quantitative estimate of drug-likeness (QED) is 0.408. The number of carbonyl (C=O) groups excluding carboxylic acids is 1. The molecule has 0 aliphatic carbocycles. The van der Waals surface area contributed by atoms with E-state index < -0.39 is 22.0 Å². The second kappa shape index (κ2) is 9.43. The minimum absolute atomic E-state index is 0.0291. The van der Waals surface area contributed by atoms with Crippen LogP contribution in [-0.2, 0) is 14.8 Å². The first-order chi connectivity index (χ1) is 15.5. The number of hydrogen-bond acceptors (Lipinski definition) is 7. The van der Waals surface area contributed by atoms with E-state index in [2.05, 4.69) is 18.8 Å². The van der Waals surface area contributed by atoms with Gasteiger partial charge in [-0.1, -0.05) is 36.4 Å². The summed E-state index contributed by atoms with van der Waals surface area (Å²) in [5, 5.41) is 2.77. The lowest BCUT2D eigenvalue weighted by Gasteiger charge is -2.19. The fourth-order valence-corrected chi connectivity index (χ4v) is 5.10. The molecule has 8 nitrogen and oxygen atoms in total. The molecular weight excluding hydrogens is 448 g/mol. The average Bonchev–Trinajstić information content (AvgIpc) is 3.28. The molecule has 0 fully saturated rings. The summed E-state index contributed by atoms with van der Waals surface area (Å²) in [5.74, 6) is 0.156. The third-order valence-electron chi connectivity index (χ3n) is 4.64. The number of carbonyl (C=O) groups is 1. The van der Waals surface area contributed by atoms with Gasteiger partial charge in [-0.25, -0.2) is 8.42 Å². The van der Waals surface area contributed by atoms with Crippen LogP contribution in [0.1, 0.15) is 18.5 Å². The maximum atomic E-state index is 13.2. The molecule has 0 saturated heterocycles. The van der Waals surface area contributed by atoms with Gasteiger partial charge in [-0.05, 0) is 48.9 Å². The van der Waals surface area contributed by atoms with Crippen LogP contribution in [0.5, 0.6) is 5.75 Å². The van der Waals surface area contributed by atoms with E-state index in [9.17, 15) is 13.2 Å². The molecule has 10 heteroatoms. The van der Waals surface area contributed by atoms with Gasteiger partial charge in [0.15, 0.2) is 0 Å². The predicted octanol–water partition coefficient (Wildman–Crippen LogP) is 3.75. The predicted molar refractivity (Wildman–Crippen MR) is 123 cm³/mol. The number of benzene rings is 3. The lowest BCUT2D eigenvalue weighted by atomic mass is 10.1. The van der Waals surface area contributed by atoms with Crippen LogP contribution in [0.3, 0.4) is 0 Å². The molecule has 3 aromatic carbocycles. The highest BCUT2D eigenvalue weighted by Crippen LogP contribution is 2.25. The Morgan fingerprint density at radius 2 is 1.75 bits per heavy atom. The van der Waals surface area contributed by atoms with Crippen LogP contribution < -0.4 is 14.8 Å². The number of ether oxygens (including phenoxy) is 1. The van der Waals surface area contributed by atoms with Crippen molar-refractivity contribution >= 4 is 44.4 Å². The van der Waals surface area contributed by atoms with Crippen molar-refractivity contribution in [1.82, 2.24) is 13.5 Å². The molecule has 0 aliphatic rings. The molecule has 0 aliphatic heterocycles. The first-order valence-corrected chi connectivity index (χ1v) is 12.0. The van der Waals surface area contributed by atoms with Crippen molar-refractivity contribution in [3.63, 3.8) is 0 Å². The Kier molecular flexibility index (Phi) is 6.45. The summed E-state index contributed by atoms with van der Waals surface area (Å²) in [6.45, 7) is 2.42. The molecule has 0 spiro atoms. The van der Waals surface area contributed by atoms with Crippen LogP contribution in [0.2, 0.25) is 0 Å². The van der Waals surface area contributed by atoms with Gasteiger partial charge in [0.05, 0.1) is 18.3 Å². The van der Waals surface area contributed by atoms with E-state index in [-0.39, 0.29) is 10.4 Å². The van der Waals surface area contributed by atoms with Gasteiger partial charge in [0.2, 0.25) is 15.9 Å². The highest BCUT2D eigenvalue weighted by atomic mass is 32.2. The fourth-order valence-electron chi connectivity index (χ4n) is 3.15. The van der Waals surface area contributed by atoms with Crippen molar-refractivity contribution in [1.29, 1.82) is 0 Å². The van der Waals surface area contributed by atoms with Crippen LogP contribution in [0, 0.1) is 0 Å². The number of hydrogen-bond donors (Lipinski definition) is 2. The average molecular weight is 469 g/mol. The van der Waals surface area contributed by atoms with Crippen molar-refractivity contribution in [3.8, 4) is 5.75 Å². The highest BCUT2D eigenvalue weighted by Gasteiger charge is 2.29. The topological polar surface area (TPSA) is 110 Å². The minimum Gasteiger partial charge on any atom is -0.494 e. The maximum absolute atomic E-state index is 13.2. The number of rotatable bonds is 8. The third kappa shape index (κ3) is 4.77. The van der Waals surface area contributed by atoms with E-state index in [1.165, 1.54) is 6.07 Å². The smallest absolute Gasteiger partial charge is 0.247 e. The zero-order valence-corrected chi connectivity index (χ0v) is 18.7. The highest BCUT2D eigenvalue weighted by molar-refractivity contribution is 7.89. The Bertz CT molecular complexity index is 1320. The van der Waals surface area contributed by atoms with Crippen molar-refractivity contribution < 1.29 is 17.9 Å². The number of sulfonamides is 1. The van der Waals surface area contributed by atoms with E-state index in [4.69, 9.17) is 4.74 Å². The zero-order valence-electron chi connectivity index (χ0n) is 17.1. The Balaban J connectivity index is 1.64. The van der Waals surface area contributed by atoms with E-state index in [0.29, 0.717) is 29.1 Å². The molecule has 32 heavy (non-hydrogen) atoms. The standard InChI is InChI=1S/C22H20N4O4S2/c1-2-30-17-13-11-16(12-14-17)23-22(27)20(15-7-4-3-5-8-15)26-32(28,29)19-10-6-9-18-21(19)25-31-24-18/h3-14,20,26H,2H2,1H3,(H,23,27). The minimum atomic E-state index is -4.08. The van der Waals surface area contributed by atoms with Crippen LogP contribution in [0.4, 0.5) is 5.69 Å². The van der Waals surface area contributed by atoms with Gasteiger partial charge >= 0.3 is 0 Å². The van der Waals surface area contributed by atoms with Gasteiger partial charge in [-0.2, -0.15) is 13.5 Å². The number of aromatic nitrogens is 2. The Morgan fingerprint density at radius 3 is 2.47 bits per heavy atom. The number of fused-ring (bicyclic) bond motifs is 1. The van der Waals surface area contributed by atoms with Crippen LogP contribution in [0.25, 0.3) is 11.0 Å². The molecule has 1 aromatic heterocycles. The molecule has 0 radical (unpaired) electrons. The molecule has 1 amide bonds. The lowest BCUT2D eigenvalue weighted by molar-refractivity contribution is -0.117. The van der Waals surface area contributed by atoms with Crippen LogP contribution in [0.15, 0.2) is 77.7 Å². The van der Waals surface area contributed by atoms with E-state index in [1.807, 2.05) is 6.92 Å². The Morgan fingerprint density at radius 1 is 1.00 bits per heavy atom. The van der Waals surface area contributed by atoms with Crippen LogP contribution >= 0.6 is 11.7 Å². The number of nitrogens with one attached hydrogen (secondary N) is 2. The normalized spacial score (nSPS) is 12.4. The van der Waals surface area contributed by atoms with Gasteiger partial charge < -0.3 is 10.1 Å². The van der Waals surface area contributed by atoms with Crippen molar-refractivity contribution in [2.24, 2.45) is 0 Å². The van der Waals surface area contributed by atoms with Crippen molar-refractivity contribution in [2.45, 2.75) is 17.9 Å². The summed E-state index contributed by atoms with van der Waals surface area (Å²) in [6, 6.07) is 19.1. The monoisotopic (exact) mass is 468 g/mol. The summed E-state index contributed by atoms with van der Waals surface area (Å²) in [5.41, 5.74) is 1.77. The molecule has 1 heterocycles. The van der Waals surface area contributed by atoms with E-state index >= 15 is 0 Å². The summed E-state index contributed by atoms with van der Waals surface area (Å²) in [7, 11) is -4.08. The molecule has 164 valence electrons. The van der Waals surface area contributed by atoms with Crippen molar-refractivity contribution in [2.75, 3.05) is 11.9 Å². The van der Waals surface area contributed by atoms with Crippen LogP contribution in [-0.4, -0.2) is 29.7 Å². The largest absolute Gasteiger partial charge is 0.494 e. The Labute approximate surface area is 189 Å². The molecule has 2 N–H and O–H groups in total. The molecule has 1 atom stereocenters. The number of nitrogens with zero attached hydrogens (tertiary/aromatic N) is 2. The molecule has 4 rings (SSSR count). The van der Waals surface area contributed by atoms with Crippen molar-refractivity contribution in [3.05, 3.63) is 78.4 Å². The molecule has 0 saturated carbocycles. The first-order valence-electron chi connectivity index (χ1n) is 9.80. The van der Waals surface area contributed by atoms with E-state index in [1.54, 1.807) is 66.7 Å². The maximum Gasteiger partial charge on any atom is 0.247 e. The van der Waals surface area contributed by atoms with Gasteiger partial charge in [0, 0.05) is 5.69 Å². The Hall–Kier alpha value is -3.34. The SMILES string of the molecule is CCOc1ccc(NC(=O)C(NS(=O)(=O)c2cccc3nsnc23)c2ccccc2)cc1. The summed E-state index contributed by atoms with van der Waals surface area (Å²) < 4.78 is 42.6. The molecule has 4 aromatic rings. The third-order valence-corrected chi connectivity index (χ3v) is 6.64. The molecular formula is C22H20N4O4S2. The summed E-state index contributed by atoms with van der Waals surface area (Å²) >= 11 is 0.929. The lowest BCUT2D eigenvalue weighted by Crippen LogP contribution is -2.37. The van der Waals surface area contributed by atoms with E-state index in [0.717, 1.165) is 11.7 Å². The van der Waals surface area contributed by atoms with Gasteiger partial charge in [-0.3, -0.25) is 4.79 Å². The number of amides is 1. The second-order valence-electron chi connectivity index (χ2n) is 6.80.